The number of ketones is 2. The van der Waals surface area contributed by atoms with E-state index in [1.165, 1.54) is 6.08 Å². The highest BCUT2D eigenvalue weighted by atomic mass is 16.3. The van der Waals surface area contributed by atoms with Gasteiger partial charge in [0.15, 0.2) is 11.5 Å². The Labute approximate surface area is 113 Å². The molecular weight excluding hydrogens is 240 g/mol. The van der Waals surface area contributed by atoms with Gasteiger partial charge in [0.05, 0.1) is 5.57 Å². The van der Waals surface area contributed by atoms with Crippen LogP contribution in [-0.4, -0.2) is 16.7 Å². The Morgan fingerprint density at radius 1 is 1.42 bits per heavy atom. The summed E-state index contributed by atoms with van der Waals surface area (Å²) in [6.45, 7) is 7.41. The molecule has 2 aliphatic rings. The fourth-order valence-electron chi connectivity index (χ4n) is 2.70. The van der Waals surface area contributed by atoms with Crippen molar-refractivity contribution in [2.45, 2.75) is 33.1 Å². The molecule has 3 nitrogen and oxygen atoms in total. The normalized spacial score (nSPS) is 24.2. The van der Waals surface area contributed by atoms with Gasteiger partial charge in [0.1, 0.15) is 0 Å². The van der Waals surface area contributed by atoms with E-state index in [4.69, 9.17) is 0 Å². The van der Waals surface area contributed by atoms with E-state index in [2.05, 4.69) is 6.58 Å². The Hall–Kier alpha value is -1.90. The van der Waals surface area contributed by atoms with Gasteiger partial charge in [0, 0.05) is 11.5 Å². The van der Waals surface area contributed by atoms with E-state index < -0.39 is 11.5 Å². The van der Waals surface area contributed by atoms with Gasteiger partial charge in [-0.25, -0.2) is 0 Å². The highest BCUT2D eigenvalue weighted by Gasteiger charge is 2.32. The molecule has 0 aromatic rings. The standard InChI is InChI=1S/C16H18O3/c1-9(2)11-6-4-5-7-12(11)14-13(17)8-10(3)15(18)16(14)19/h7-8,11,19H,1,4-6H2,2-3H3. The summed E-state index contributed by atoms with van der Waals surface area (Å²) in [5, 5.41) is 10.0. The molecule has 0 heterocycles. The maximum atomic E-state index is 12.1. The number of carbonyl (C=O) groups excluding carboxylic acids is 2. The van der Waals surface area contributed by atoms with Gasteiger partial charge >= 0.3 is 0 Å². The number of aliphatic hydroxyl groups is 1. The van der Waals surface area contributed by atoms with Crippen LogP contribution in [0.1, 0.15) is 33.1 Å². The van der Waals surface area contributed by atoms with Crippen LogP contribution in [0, 0.1) is 5.92 Å². The molecule has 0 radical (unpaired) electrons. The van der Waals surface area contributed by atoms with Crippen LogP contribution in [0.4, 0.5) is 0 Å². The van der Waals surface area contributed by atoms with Gasteiger partial charge in [-0.3, -0.25) is 9.59 Å². The number of rotatable bonds is 2. The summed E-state index contributed by atoms with van der Waals surface area (Å²) in [5.74, 6) is -1.10. The number of carbonyl (C=O) groups is 2. The topological polar surface area (TPSA) is 54.4 Å². The highest BCUT2D eigenvalue weighted by Crippen LogP contribution is 2.37. The third-order valence-electron chi connectivity index (χ3n) is 3.72. The van der Waals surface area contributed by atoms with E-state index in [0.717, 1.165) is 30.4 Å². The molecule has 0 aromatic carbocycles. The van der Waals surface area contributed by atoms with Crippen LogP contribution in [0.15, 0.2) is 46.8 Å². The van der Waals surface area contributed by atoms with Crippen LogP contribution in [0.3, 0.4) is 0 Å². The zero-order valence-electron chi connectivity index (χ0n) is 11.3. The van der Waals surface area contributed by atoms with Gasteiger partial charge in [-0.15, -0.1) is 0 Å². The Morgan fingerprint density at radius 2 is 2.11 bits per heavy atom. The van der Waals surface area contributed by atoms with Crippen LogP contribution in [0.2, 0.25) is 0 Å². The minimum absolute atomic E-state index is 0.0504. The Kier molecular flexibility index (Phi) is 3.56. The second kappa shape index (κ2) is 5.00. The number of aliphatic hydroxyl groups excluding tert-OH is 1. The molecule has 0 saturated heterocycles. The molecule has 100 valence electrons. The molecule has 0 aromatic heterocycles. The summed E-state index contributed by atoms with van der Waals surface area (Å²) in [6, 6.07) is 0. The van der Waals surface area contributed by atoms with E-state index >= 15 is 0 Å². The average Bonchev–Trinajstić information content (AvgIpc) is 2.36. The Balaban J connectivity index is 2.51. The van der Waals surface area contributed by atoms with Gasteiger partial charge in [0.25, 0.3) is 0 Å². The first-order valence-electron chi connectivity index (χ1n) is 6.50. The van der Waals surface area contributed by atoms with Crippen molar-refractivity contribution in [3.05, 3.63) is 46.8 Å². The van der Waals surface area contributed by atoms with Crippen LogP contribution < -0.4 is 0 Å². The van der Waals surface area contributed by atoms with E-state index in [0.29, 0.717) is 0 Å². The van der Waals surface area contributed by atoms with Crippen molar-refractivity contribution < 1.29 is 14.7 Å². The molecule has 19 heavy (non-hydrogen) atoms. The largest absolute Gasteiger partial charge is 0.504 e. The fraction of sp³-hybridized carbons (Fsp3) is 0.375. The minimum Gasteiger partial charge on any atom is -0.504 e. The molecule has 2 aliphatic carbocycles. The second-order valence-corrected chi connectivity index (χ2v) is 5.23. The van der Waals surface area contributed by atoms with Gasteiger partial charge in [-0.05, 0) is 44.8 Å². The number of allylic oxidation sites excluding steroid dienone is 6. The SMILES string of the molecule is C=C(C)C1CCCC=C1C1=C(O)C(=O)C(C)=CC1=O. The third-order valence-corrected chi connectivity index (χ3v) is 3.72. The molecule has 3 heteroatoms. The Bertz CT molecular complexity index is 559. The first-order valence-corrected chi connectivity index (χ1v) is 6.50. The lowest BCUT2D eigenvalue weighted by atomic mass is 9.76. The molecular formula is C16H18O3. The lowest BCUT2D eigenvalue weighted by Gasteiger charge is -2.27. The number of Topliss-reactive ketones (excluding diaryl/α,β-unsaturated/α-hetero) is 1. The van der Waals surface area contributed by atoms with Gasteiger partial charge in [-0.1, -0.05) is 18.2 Å². The Morgan fingerprint density at radius 3 is 2.74 bits per heavy atom. The molecule has 0 aliphatic heterocycles. The highest BCUT2D eigenvalue weighted by molar-refractivity contribution is 6.23. The summed E-state index contributed by atoms with van der Waals surface area (Å²) in [7, 11) is 0. The van der Waals surface area contributed by atoms with Crippen molar-refractivity contribution in [1.82, 2.24) is 0 Å². The molecule has 0 saturated carbocycles. The molecule has 0 spiro atoms. The number of hydrogen-bond acceptors (Lipinski definition) is 3. The zero-order chi connectivity index (χ0) is 14.2. The predicted octanol–water partition coefficient (Wildman–Crippen LogP) is 3.20. The van der Waals surface area contributed by atoms with E-state index in [1.807, 2.05) is 13.0 Å². The number of hydrogen-bond donors (Lipinski definition) is 1. The lowest BCUT2D eigenvalue weighted by Crippen LogP contribution is -2.23. The van der Waals surface area contributed by atoms with Crippen molar-refractivity contribution in [3.8, 4) is 0 Å². The summed E-state index contributed by atoms with van der Waals surface area (Å²) in [4.78, 5) is 23.9. The first kappa shape index (κ1) is 13.5. The third kappa shape index (κ3) is 2.33. The van der Waals surface area contributed by atoms with E-state index in [-0.39, 0.29) is 22.8 Å². The first-order chi connectivity index (χ1) is 8.93. The molecule has 2 rings (SSSR count). The van der Waals surface area contributed by atoms with Crippen LogP contribution >= 0.6 is 0 Å². The van der Waals surface area contributed by atoms with E-state index in [9.17, 15) is 14.7 Å². The minimum atomic E-state index is -0.457. The molecule has 0 fully saturated rings. The smallest absolute Gasteiger partial charge is 0.223 e. The van der Waals surface area contributed by atoms with Crippen LogP contribution in [0.25, 0.3) is 0 Å². The van der Waals surface area contributed by atoms with Crippen LogP contribution in [0.5, 0.6) is 0 Å². The van der Waals surface area contributed by atoms with Crippen molar-refractivity contribution in [3.63, 3.8) is 0 Å². The average molecular weight is 258 g/mol. The fourth-order valence-corrected chi connectivity index (χ4v) is 2.70. The summed E-state index contributed by atoms with van der Waals surface area (Å²) in [6.07, 6.45) is 6.06. The van der Waals surface area contributed by atoms with Gasteiger partial charge in [0.2, 0.25) is 5.78 Å². The molecule has 1 atom stereocenters. The monoisotopic (exact) mass is 258 g/mol. The maximum absolute atomic E-state index is 12.1. The van der Waals surface area contributed by atoms with Gasteiger partial charge < -0.3 is 5.11 Å². The maximum Gasteiger partial charge on any atom is 0.223 e. The predicted molar refractivity (Wildman–Crippen MR) is 73.7 cm³/mol. The van der Waals surface area contributed by atoms with Crippen molar-refractivity contribution in [1.29, 1.82) is 0 Å². The summed E-state index contributed by atoms with van der Waals surface area (Å²) in [5.41, 5.74) is 2.17. The zero-order valence-corrected chi connectivity index (χ0v) is 11.3. The molecule has 1 N–H and O–H groups in total. The summed E-state index contributed by atoms with van der Waals surface area (Å²) < 4.78 is 0. The second-order valence-electron chi connectivity index (χ2n) is 5.23. The van der Waals surface area contributed by atoms with Crippen molar-refractivity contribution >= 4 is 11.6 Å². The molecule has 0 bridgehead atoms. The lowest BCUT2D eigenvalue weighted by molar-refractivity contribution is -0.117. The summed E-state index contributed by atoms with van der Waals surface area (Å²) >= 11 is 0. The van der Waals surface area contributed by atoms with Crippen molar-refractivity contribution in [2.24, 2.45) is 5.92 Å². The van der Waals surface area contributed by atoms with Crippen LogP contribution in [-0.2, 0) is 9.59 Å². The molecule has 0 amide bonds. The van der Waals surface area contributed by atoms with E-state index in [1.54, 1.807) is 6.92 Å². The van der Waals surface area contributed by atoms with Gasteiger partial charge in [-0.2, -0.15) is 0 Å². The quantitative estimate of drug-likeness (QED) is 0.611. The van der Waals surface area contributed by atoms with Crippen molar-refractivity contribution in [2.75, 3.05) is 0 Å². The molecule has 1 unspecified atom stereocenters.